The monoisotopic (exact) mass is 531 g/mol. The lowest BCUT2D eigenvalue weighted by Crippen LogP contribution is -2.43. The largest absolute Gasteiger partial charge is 0.356 e. The van der Waals surface area contributed by atoms with Gasteiger partial charge in [0.05, 0.1) is 10.7 Å². The Kier molecular flexibility index (Phi) is 10.3. The quantitative estimate of drug-likeness (QED) is 0.324. The van der Waals surface area contributed by atoms with Gasteiger partial charge in [-0.25, -0.2) is 9.37 Å². The zero-order chi connectivity index (χ0) is 19.8. The number of likely N-dealkylation sites (tertiary alicyclic amines) is 1. The first-order chi connectivity index (χ1) is 13.6. The molecule has 8 heteroatoms. The van der Waals surface area contributed by atoms with E-state index in [1.54, 1.807) is 18.4 Å². The van der Waals surface area contributed by atoms with Crippen LogP contribution in [0.1, 0.15) is 29.1 Å². The van der Waals surface area contributed by atoms with Crippen molar-refractivity contribution in [2.75, 3.05) is 33.2 Å². The first kappa shape index (κ1) is 24.0. The molecule has 0 bridgehead atoms. The molecular weight excluding hydrogens is 500 g/mol. The van der Waals surface area contributed by atoms with E-state index >= 15 is 0 Å². The summed E-state index contributed by atoms with van der Waals surface area (Å²) in [5.74, 6) is 1.31. The van der Waals surface area contributed by atoms with Crippen molar-refractivity contribution in [2.45, 2.75) is 32.7 Å². The second-order valence-corrected chi connectivity index (χ2v) is 8.40. The summed E-state index contributed by atoms with van der Waals surface area (Å²) in [5.41, 5.74) is 2.32. The van der Waals surface area contributed by atoms with E-state index in [0.29, 0.717) is 5.92 Å². The summed E-state index contributed by atoms with van der Waals surface area (Å²) in [7, 11) is 1.80. The Morgan fingerprint density at radius 1 is 1.24 bits per heavy atom. The highest BCUT2D eigenvalue weighted by Crippen LogP contribution is 2.19. The van der Waals surface area contributed by atoms with Gasteiger partial charge in [0.15, 0.2) is 5.96 Å². The molecular formula is C21H31FIN5S. The molecule has 0 spiro atoms. The van der Waals surface area contributed by atoms with Crippen LogP contribution in [0.5, 0.6) is 0 Å². The fourth-order valence-electron chi connectivity index (χ4n) is 3.50. The molecule has 29 heavy (non-hydrogen) atoms. The maximum absolute atomic E-state index is 13.0. The normalized spacial score (nSPS) is 15.8. The van der Waals surface area contributed by atoms with Gasteiger partial charge in [0.25, 0.3) is 0 Å². The number of benzene rings is 1. The lowest BCUT2D eigenvalue weighted by atomic mass is 9.97. The van der Waals surface area contributed by atoms with Crippen LogP contribution in [0.4, 0.5) is 4.39 Å². The lowest BCUT2D eigenvalue weighted by Gasteiger charge is -2.31. The zero-order valence-corrected chi connectivity index (χ0v) is 20.3. The van der Waals surface area contributed by atoms with E-state index in [1.807, 2.05) is 12.1 Å². The van der Waals surface area contributed by atoms with Crippen LogP contribution in [0.25, 0.3) is 0 Å². The smallest absolute Gasteiger partial charge is 0.190 e. The van der Waals surface area contributed by atoms with Crippen molar-refractivity contribution >= 4 is 41.3 Å². The number of aliphatic imine (C=N–C) groups is 1. The van der Waals surface area contributed by atoms with Gasteiger partial charge < -0.3 is 10.6 Å². The summed E-state index contributed by atoms with van der Waals surface area (Å²) >= 11 is 1.73. The molecule has 0 atom stereocenters. The minimum absolute atomic E-state index is 0. The molecule has 5 nitrogen and oxygen atoms in total. The SMILES string of the molecule is CN=C(NCCc1ccc(F)cc1)NCC1CCN(Cc2csc(C)n2)CC1.I. The number of nitrogens with one attached hydrogen (secondary N) is 2. The summed E-state index contributed by atoms with van der Waals surface area (Å²) in [4.78, 5) is 11.4. The molecule has 0 radical (unpaired) electrons. The number of piperidine rings is 1. The van der Waals surface area contributed by atoms with Gasteiger partial charge in [-0.15, -0.1) is 35.3 Å². The van der Waals surface area contributed by atoms with Crippen LogP contribution in [0.15, 0.2) is 34.6 Å². The van der Waals surface area contributed by atoms with Crippen molar-refractivity contribution in [1.29, 1.82) is 0 Å². The van der Waals surface area contributed by atoms with Gasteiger partial charge >= 0.3 is 0 Å². The fourth-order valence-corrected chi connectivity index (χ4v) is 4.10. The number of hydrogen-bond acceptors (Lipinski definition) is 4. The molecule has 2 heterocycles. The highest BCUT2D eigenvalue weighted by Gasteiger charge is 2.20. The van der Waals surface area contributed by atoms with Crippen LogP contribution in [-0.2, 0) is 13.0 Å². The molecule has 160 valence electrons. The van der Waals surface area contributed by atoms with E-state index in [-0.39, 0.29) is 29.8 Å². The van der Waals surface area contributed by atoms with E-state index in [1.165, 1.54) is 30.7 Å². The van der Waals surface area contributed by atoms with Crippen LogP contribution in [0.3, 0.4) is 0 Å². The van der Waals surface area contributed by atoms with Crippen molar-refractivity contribution < 1.29 is 4.39 Å². The Balaban J connectivity index is 0.00000300. The van der Waals surface area contributed by atoms with Gasteiger partial charge in [0.2, 0.25) is 0 Å². The van der Waals surface area contributed by atoms with Gasteiger partial charge in [-0.3, -0.25) is 9.89 Å². The number of halogens is 2. The Hall–Kier alpha value is -1.26. The van der Waals surface area contributed by atoms with Crippen LogP contribution in [0, 0.1) is 18.7 Å². The molecule has 2 aromatic rings. The molecule has 0 aliphatic carbocycles. The second kappa shape index (κ2) is 12.4. The number of guanidine groups is 1. The highest BCUT2D eigenvalue weighted by atomic mass is 127. The third-order valence-corrected chi connectivity index (χ3v) is 5.98. The molecule has 1 saturated heterocycles. The summed E-state index contributed by atoms with van der Waals surface area (Å²) in [6, 6.07) is 6.66. The van der Waals surface area contributed by atoms with Crippen LogP contribution in [0.2, 0.25) is 0 Å². The molecule has 1 fully saturated rings. The predicted octanol–water partition coefficient (Wildman–Crippen LogP) is 3.83. The van der Waals surface area contributed by atoms with Gasteiger partial charge in [-0.2, -0.15) is 0 Å². The molecule has 1 aromatic heterocycles. The molecule has 1 aliphatic heterocycles. The fraction of sp³-hybridized carbons (Fsp3) is 0.524. The Labute approximate surface area is 194 Å². The molecule has 0 amide bonds. The van der Waals surface area contributed by atoms with Gasteiger partial charge in [0.1, 0.15) is 5.82 Å². The molecule has 2 N–H and O–H groups in total. The average molecular weight is 531 g/mol. The Bertz CT molecular complexity index is 757. The van der Waals surface area contributed by atoms with E-state index in [0.717, 1.165) is 55.7 Å². The van der Waals surface area contributed by atoms with Gasteiger partial charge in [0, 0.05) is 32.1 Å². The lowest BCUT2D eigenvalue weighted by molar-refractivity contribution is 0.176. The molecule has 1 aliphatic rings. The van der Waals surface area contributed by atoms with Crippen LogP contribution < -0.4 is 10.6 Å². The van der Waals surface area contributed by atoms with Crippen LogP contribution in [-0.4, -0.2) is 49.1 Å². The maximum Gasteiger partial charge on any atom is 0.190 e. The summed E-state index contributed by atoms with van der Waals surface area (Å²) in [6.07, 6.45) is 3.24. The first-order valence-corrected chi connectivity index (χ1v) is 10.8. The minimum Gasteiger partial charge on any atom is -0.356 e. The summed E-state index contributed by atoms with van der Waals surface area (Å²) in [6.45, 7) is 7.00. The number of thiazole rings is 1. The van der Waals surface area contributed by atoms with Crippen molar-refractivity contribution in [3.8, 4) is 0 Å². The standard InChI is InChI=1S/C21H30FN5S.HI/c1-16-26-20(15-28-16)14-27-11-8-18(9-12-27)13-25-21(23-2)24-10-7-17-3-5-19(22)6-4-17;/h3-6,15,18H,7-14H2,1-2H3,(H2,23,24,25);1H. The predicted molar refractivity (Wildman–Crippen MR) is 130 cm³/mol. The third-order valence-electron chi connectivity index (χ3n) is 5.16. The Morgan fingerprint density at radius 3 is 2.59 bits per heavy atom. The maximum atomic E-state index is 13.0. The topological polar surface area (TPSA) is 52.6 Å². The number of aryl methyl sites for hydroxylation is 1. The third kappa shape index (κ3) is 8.18. The summed E-state index contributed by atoms with van der Waals surface area (Å²) in [5, 5.41) is 10.1. The van der Waals surface area contributed by atoms with Gasteiger partial charge in [-0.1, -0.05) is 12.1 Å². The number of rotatable bonds is 7. The average Bonchev–Trinajstić information content (AvgIpc) is 3.12. The molecule has 0 unspecified atom stereocenters. The second-order valence-electron chi connectivity index (χ2n) is 7.33. The zero-order valence-electron chi connectivity index (χ0n) is 17.2. The highest BCUT2D eigenvalue weighted by molar-refractivity contribution is 14.0. The number of hydrogen-bond donors (Lipinski definition) is 2. The number of nitrogens with zero attached hydrogens (tertiary/aromatic N) is 3. The molecule has 3 rings (SSSR count). The minimum atomic E-state index is -0.193. The first-order valence-electron chi connectivity index (χ1n) is 9.94. The van der Waals surface area contributed by atoms with Crippen molar-refractivity contribution in [2.24, 2.45) is 10.9 Å². The summed E-state index contributed by atoms with van der Waals surface area (Å²) < 4.78 is 13.0. The Morgan fingerprint density at radius 2 is 1.97 bits per heavy atom. The van der Waals surface area contributed by atoms with Gasteiger partial charge in [-0.05, 0) is 62.9 Å². The van der Waals surface area contributed by atoms with Crippen molar-refractivity contribution in [1.82, 2.24) is 20.5 Å². The van der Waals surface area contributed by atoms with E-state index in [4.69, 9.17) is 0 Å². The van der Waals surface area contributed by atoms with Crippen molar-refractivity contribution in [3.05, 3.63) is 51.7 Å². The van der Waals surface area contributed by atoms with E-state index < -0.39 is 0 Å². The molecule has 1 aromatic carbocycles. The molecule has 0 saturated carbocycles. The van der Waals surface area contributed by atoms with Crippen molar-refractivity contribution in [3.63, 3.8) is 0 Å². The van der Waals surface area contributed by atoms with E-state index in [9.17, 15) is 4.39 Å². The van der Waals surface area contributed by atoms with Crippen LogP contribution >= 0.6 is 35.3 Å². The van der Waals surface area contributed by atoms with E-state index in [2.05, 4.69) is 37.8 Å². The number of aromatic nitrogens is 1.